The minimum Gasteiger partial charge on any atom is -0.366 e. The van der Waals surface area contributed by atoms with E-state index >= 15 is 0 Å². The van der Waals surface area contributed by atoms with Gasteiger partial charge in [-0.15, -0.1) is 0 Å². The maximum absolute atomic E-state index is 12.1. The highest BCUT2D eigenvalue weighted by Crippen LogP contribution is 2.36. The number of carbonyl (C=O) groups excluding carboxylic acids is 1. The van der Waals surface area contributed by atoms with Crippen molar-refractivity contribution in [1.82, 2.24) is 4.57 Å². The lowest BCUT2D eigenvalue weighted by molar-refractivity contribution is 0.100. The molecule has 0 aliphatic heterocycles. The highest BCUT2D eigenvalue weighted by atomic mass is 16.1. The average molecular weight is 381 g/mol. The summed E-state index contributed by atoms with van der Waals surface area (Å²) in [6, 6.07) is 24.0. The SMILES string of the molecule is NC(=O)c1cccc2c1c1[c]cc(-c3ccccc3)cc1n2CC1CCCCC1. The molecule has 0 unspecified atom stereocenters. The Balaban J connectivity index is 1.75. The van der Waals surface area contributed by atoms with Crippen molar-refractivity contribution >= 4 is 27.7 Å². The van der Waals surface area contributed by atoms with Crippen LogP contribution in [0.1, 0.15) is 42.5 Å². The van der Waals surface area contributed by atoms with Gasteiger partial charge in [0.25, 0.3) is 0 Å². The number of primary amides is 1. The molecule has 2 N–H and O–H groups in total. The fraction of sp³-hybridized carbons (Fsp3) is 0.269. The number of rotatable bonds is 4. The molecule has 29 heavy (non-hydrogen) atoms. The van der Waals surface area contributed by atoms with E-state index in [-0.39, 0.29) is 5.91 Å². The molecule has 0 bridgehead atoms. The van der Waals surface area contributed by atoms with Crippen LogP contribution in [0.3, 0.4) is 0 Å². The summed E-state index contributed by atoms with van der Waals surface area (Å²) in [6.07, 6.45) is 6.53. The van der Waals surface area contributed by atoms with Crippen LogP contribution < -0.4 is 5.73 Å². The van der Waals surface area contributed by atoms with E-state index in [4.69, 9.17) is 5.73 Å². The van der Waals surface area contributed by atoms with Gasteiger partial charge in [0.1, 0.15) is 0 Å². The van der Waals surface area contributed by atoms with Gasteiger partial charge in [0.2, 0.25) is 5.91 Å². The number of nitrogens with two attached hydrogens (primary N) is 1. The van der Waals surface area contributed by atoms with Crippen molar-refractivity contribution in [3.63, 3.8) is 0 Å². The molecular formula is C26H25N2O. The van der Waals surface area contributed by atoms with Gasteiger partial charge in [-0.2, -0.15) is 0 Å². The minimum absolute atomic E-state index is 0.382. The van der Waals surface area contributed by atoms with Gasteiger partial charge in [-0.3, -0.25) is 4.79 Å². The van der Waals surface area contributed by atoms with Crippen LogP contribution in [0.5, 0.6) is 0 Å². The number of benzene rings is 3. The van der Waals surface area contributed by atoms with Crippen LogP contribution in [0.4, 0.5) is 0 Å². The molecular weight excluding hydrogens is 356 g/mol. The van der Waals surface area contributed by atoms with Crippen LogP contribution in [-0.4, -0.2) is 10.5 Å². The fourth-order valence-electron chi connectivity index (χ4n) is 4.88. The molecule has 0 atom stereocenters. The van der Waals surface area contributed by atoms with Gasteiger partial charge in [0, 0.05) is 28.4 Å². The molecule has 1 amide bonds. The number of amides is 1. The molecule has 1 aliphatic rings. The largest absolute Gasteiger partial charge is 0.366 e. The van der Waals surface area contributed by atoms with E-state index in [1.165, 1.54) is 37.7 Å². The normalized spacial score (nSPS) is 15.2. The number of nitrogens with zero attached hydrogens (tertiary/aromatic N) is 1. The Morgan fingerprint density at radius 1 is 0.966 bits per heavy atom. The molecule has 1 radical (unpaired) electrons. The summed E-state index contributed by atoms with van der Waals surface area (Å²) in [5.74, 6) is 0.299. The smallest absolute Gasteiger partial charge is 0.249 e. The van der Waals surface area contributed by atoms with Crippen molar-refractivity contribution in [3.05, 3.63) is 72.3 Å². The number of aromatic nitrogens is 1. The first-order valence-electron chi connectivity index (χ1n) is 10.5. The quantitative estimate of drug-likeness (QED) is 0.467. The number of fused-ring (bicyclic) bond motifs is 3. The number of carbonyl (C=O) groups is 1. The molecule has 3 aromatic carbocycles. The van der Waals surface area contributed by atoms with Crippen LogP contribution in [0, 0.1) is 12.0 Å². The van der Waals surface area contributed by atoms with Gasteiger partial charge in [-0.1, -0.05) is 55.7 Å². The lowest BCUT2D eigenvalue weighted by Crippen LogP contribution is -2.14. The molecule has 0 spiro atoms. The first-order valence-corrected chi connectivity index (χ1v) is 10.5. The maximum atomic E-state index is 12.1. The monoisotopic (exact) mass is 381 g/mol. The molecule has 3 heteroatoms. The standard InChI is InChI=1S/C26H25N2O/c27-26(29)22-12-7-13-23-25(22)21-15-14-20(19-10-5-2-6-11-19)16-24(21)28(23)17-18-8-3-1-4-9-18/h2,5-7,10-14,16,18H,1,3-4,8-9,17H2,(H2,27,29). The second-order valence-corrected chi connectivity index (χ2v) is 8.19. The third kappa shape index (κ3) is 3.21. The summed E-state index contributed by atoms with van der Waals surface area (Å²) in [5, 5.41) is 1.93. The zero-order valence-corrected chi connectivity index (χ0v) is 16.5. The van der Waals surface area contributed by atoms with Gasteiger partial charge < -0.3 is 10.3 Å². The second-order valence-electron chi connectivity index (χ2n) is 8.19. The van der Waals surface area contributed by atoms with Crippen molar-refractivity contribution in [2.75, 3.05) is 0 Å². The molecule has 145 valence electrons. The zero-order valence-electron chi connectivity index (χ0n) is 16.5. The summed E-state index contributed by atoms with van der Waals surface area (Å²) in [4.78, 5) is 12.1. The third-order valence-electron chi connectivity index (χ3n) is 6.33. The van der Waals surface area contributed by atoms with E-state index < -0.39 is 0 Å². The van der Waals surface area contributed by atoms with Gasteiger partial charge in [0.15, 0.2) is 0 Å². The predicted molar refractivity (Wildman–Crippen MR) is 119 cm³/mol. The Labute approximate surface area is 171 Å². The average Bonchev–Trinajstić information content (AvgIpc) is 3.08. The molecule has 1 aromatic heterocycles. The second kappa shape index (κ2) is 7.40. The van der Waals surface area contributed by atoms with Crippen LogP contribution in [0.25, 0.3) is 32.9 Å². The molecule has 1 fully saturated rings. The van der Waals surface area contributed by atoms with E-state index in [1.54, 1.807) is 0 Å². The Bertz CT molecular complexity index is 1180. The Kier molecular flexibility index (Phi) is 4.59. The van der Waals surface area contributed by atoms with Gasteiger partial charge >= 0.3 is 0 Å². The Morgan fingerprint density at radius 3 is 2.52 bits per heavy atom. The lowest BCUT2D eigenvalue weighted by atomic mass is 9.89. The van der Waals surface area contributed by atoms with E-state index in [1.807, 2.05) is 24.3 Å². The Hall–Kier alpha value is -3.07. The summed E-state index contributed by atoms with van der Waals surface area (Å²) in [5.41, 5.74) is 10.9. The molecule has 3 nitrogen and oxygen atoms in total. The molecule has 4 aromatic rings. The molecule has 5 rings (SSSR count). The summed E-state index contributed by atoms with van der Waals surface area (Å²) < 4.78 is 2.40. The van der Waals surface area contributed by atoms with Crippen molar-refractivity contribution in [2.24, 2.45) is 11.7 Å². The summed E-state index contributed by atoms with van der Waals surface area (Å²) in [6.45, 7) is 0.980. The number of hydrogen-bond acceptors (Lipinski definition) is 1. The Morgan fingerprint density at radius 2 is 1.76 bits per heavy atom. The lowest BCUT2D eigenvalue weighted by Gasteiger charge is -2.23. The van der Waals surface area contributed by atoms with Crippen molar-refractivity contribution in [3.8, 4) is 11.1 Å². The highest BCUT2D eigenvalue weighted by Gasteiger charge is 2.20. The topological polar surface area (TPSA) is 48.0 Å². The molecule has 0 saturated heterocycles. The third-order valence-corrected chi connectivity index (χ3v) is 6.33. The number of hydrogen-bond donors (Lipinski definition) is 1. The summed E-state index contributed by atoms with van der Waals surface area (Å²) in [7, 11) is 0. The van der Waals surface area contributed by atoms with E-state index in [9.17, 15) is 4.79 Å². The van der Waals surface area contributed by atoms with Gasteiger partial charge in [-0.05, 0) is 60.2 Å². The van der Waals surface area contributed by atoms with Crippen LogP contribution in [0.2, 0.25) is 0 Å². The van der Waals surface area contributed by atoms with Gasteiger partial charge in [-0.25, -0.2) is 0 Å². The van der Waals surface area contributed by atoms with Crippen molar-refractivity contribution < 1.29 is 4.79 Å². The van der Waals surface area contributed by atoms with Crippen molar-refractivity contribution in [2.45, 2.75) is 38.6 Å². The predicted octanol–water partition coefficient (Wildman–Crippen LogP) is 5.94. The molecule has 1 aliphatic carbocycles. The molecule has 1 saturated carbocycles. The van der Waals surface area contributed by atoms with Crippen LogP contribution >= 0.6 is 0 Å². The van der Waals surface area contributed by atoms with E-state index in [2.05, 4.69) is 47.0 Å². The van der Waals surface area contributed by atoms with Gasteiger partial charge in [0.05, 0.1) is 5.52 Å². The first-order chi connectivity index (χ1) is 14.2. The maximum Gasteiger partial charge on any atom is 0.249 e. The zero-order chi connectivity index (χ0) is 19.8. The van der Waals surface area contributed by atoms with E-state index in [0.717, 1.165) is 33.9 Å². The van der Waals surface area contributed by atoms with Crippen molar-refractivity contribution in [1.29, 1.82) is 0 Å². The van der Waals surface area contributed by atoms with E-state index in [0.29, 0.717) is 11.5 Å². The van der Waals surface area contributed by atoms with Crippen LogP contribution in [-0.2, 0) is 6.54 Å². The molecule has 1 heterocycles. The minimum atomic E-state index is -0.382. The summed E-state index contributed by atoms with van der Waals surface area (Å²) >= 11 is 0. The fourth-order valence-corrected chi connectivity index (χ4v) is 4.88. The van der Waals surface area contributed by atoms with Crippen LogP contribution in [0.15, 0.2) is 60.7 Å². The first kappa shape index (κ1) is 18.0. The highest BCUT2D eigenvalue weighted by molar-refractivity contribution is 6.18.